The van der Waals surface area contributed by atoms with Gasteiger partial charge >= 0.3 is 0 Å². The van der Waals surface area contributed by atoms with E-state index in [-0.39, 0.29) is 12.1 Å². The highest BCUT2D eigenvalue weighted by molar-refractivity contribution is 8.14. The Hall–Kier alpha value is -2.24. The van der Waals surface area contributed by atoms with Crippen LogP contribution in [0, 0.1) is 0 Å². The van der Waals surface area contributed by atoms with Crippen molar-refractivity contribution < 1.29 is 0 Å². The molecule has 1 saturated heterocycles. The van der Waals surface area contributed by atoms with Crippen LogP contribution in [0.3, 0.4) is 0 Å². The first-order chi connectivity index (χ1) is 13.8. The van der Waals surface area contributed by atoms with Crippen molar-refractivity contribution >= 4 is 28.5 Å². The van der Waals surface area contributed by atoms with Gasteiger partial charge in [-0.2, -0.15) is 0 Å². The largest absolute Gasteiger partial charge is 0.337 e. The maximum atomic E-state index is 6.27. The number of benzene rings is 1. The van der Waals surface area contributed by atoms with E-state index in [9.17, 15) is 0 Å². The molecule has 0 bridgehead atoms. The molecule has 0 aliphatic carbocycles. The SMILES string of the molecule is CC[C@@H]1CSC2=N[C@H](c3ccccn3)[C@H](c3cccn3-c3cccc(Cl)c3)N21. The third kappa shape index (κ3) is 2.93. The number of amidine groups is 1. The van der Waals surface area contributed by atoms with Crippen molar-refractivity contribution in [2.75, 3.05) is 5.75 Å². The van der Waals surface area contributed by atoms with Gasteiger partial charge in [0.1, 0.15) is 12.1 Å². The van der Waals surface area contributed by atoms with Crippen LogP contribution in [0.25, 0.3) is 5.69 Å². The Labute approximate surface area is 174 Å². The predicted octanol–water partition coefficient (Wildman–Crippen LogP) is 5.51. The van der Waals surface area contributed by atoms with E-state index >= 15 is 0 Å². The highest BCUT2D eigenvalue weighted by Crippen LogP contribution is 2.48. The summed E-state index contributed by atoms with van der Waals surface area (Å²) >= 11 is 8.14. The van der Waals surface area contributed by atoms with Gasteiger partial charge in [0.25, 0.3) is 0 Å². The van der Waals surface area contributed by atoms with Crippen LogP contribution in [0.1, 0.15) is 36.8 Å². The van der Waals surface area contributed by atoms with Crippen LogP contribution >= 0.6 is 23.4 Å². The number of halogens is 1. The van der Waals surface area contributed by atoms with Gasteiger partial charge in [-0.25, -0.2) is 0 Å². The number of rotatable bonds is 4. The summed E-state index contributed by atoms with van der Waals surface area (Å²) in [6.45, 7) is 2.26. The number of aliphatic imine (C=N–C) groups is 1. The van der Waals surface area contributed by atoms with Crippen LogP contribution in [0.4, 0.5) is 0 Å². The van der Waals surface area contributed by atoms with Gasteiger partial charge in [0.05, 0.1) is 5.69 Å². The molecule has 0 spiro atoms. The molecule has 0 radical (unpaired) electrons. The lowest BCUT2D eigenvalue weighted by molar-refractivity contribution is 0.249. The second-order valence-corrected chi connectivity index (χ2v) is 8.54. The van der Waals surface area contributed by atoms with E-state index in [4.69, 9.17) is 16.6 Å². The molecule has 1 aromatic carbocycles. The van der Waals surface area contributed by atoms with Crippen LogP contribution in [0.15, 0.2) is 72.0 Å². The van der Waals surface area contributed by atoms with Crippen molar-refractivity contribution in [2.24, 2.45) is 4.99 Å². The van der Waals surface area contributed by atoms with E-state index in [0.29, 0.717) is 6.04 Å². The summed E-state index contributed by atoms with van der Waals surface area (Å²) in [7, 11) is 0. The molecular formula is C22H21ClN4S. The zero-order chi connectivity index (χ0) is 19.1. The average Bonchev–Trinajstić information content (AvgIpc) is 3.43. The van der Waals surface area contributed by atoms with Crippen molar-refractivity contribution in [3.63, 3.8) is 0 Å². The lowest BCUT2D eigenvalue weighted by Crippen LogP contribution is -2.36. The monoisotopic (exact) mass is 408 g/mol. The number of aromatic nitrogens is 2. The summed E-state index contributed by atoms with van der Waals surface area (Å²) in [6, 6.07) is 19.0. The van der Waals surface area contributed by atoms with Crippen molar-refractivity contribution in [2.45, 2.75) is 31.5 Å². The molecule has 4 heterocycles. The first-order valence-electron chi connectivity index (χ1n) is 9.59. The Balaban J connectivity index is 1.63. The lowest BCUT2D eigenvalue weighted by atomic mass is 9.99. The zero-order valence-corrected chi connectivity index (χ0v) is 17.1. The van der Waals surface area contributed by atoms with E-state index in [1.807, 2.05) is 48.3 Å². The van der Waals surface area contributed by atoms with Crippen LogP contribution in [-0.4, -0.2) is 31.4 Å². The minimum absolute atomic E-state index is 0.00844. The number of hydrogen-bond acceptors (Lipinski definition) is 4. The van der Waals surface area contributed by atoms with E-state index < -0.39 is 0 Å². The maximum Gasteiger partial charge on any atom is 0.160 e. The molecule has 2 aliphatic rings. The molecule has 28 heavy (non-hydrogen) atoms. The summed E-state index contributed by atoms with van der Waals surface area (Å²) in [5.41, 5.74) is 3.31. The first kappa shape index (κ1) is 17.8. The summed E-state index contributed by atoms with van der Waals surface area (Å²) < 4.78 is 2.24. The molecule has 6 heteroatoms. The molecule has 4 nitrogen and oxygen atoms in total. The second kappa shape index (κ2) is 7.30. The zero-order valence-electron chi connectivity index (χ0n) is 15.6. The molecular weight excluding hydrogens is 388 g/mol. The van der Waals surface area contributed by atoms with Gasteiger partial charge in [0, 0.05) is 40.6 Å². The fraction of sp³-hybridized carbons (Fsp3) is 0.273. The molecule has 0 unspecified atom stereocenters. The molecule has 0 N–H and O–H groups in total. The van der Waals surface area contributed by atoms with E-state index in [1.165, 1.54) is 5.69 Å². The van der Waals surface area contributed by atoms with Gasteiger partial charge in [-0.1, -0.05) is 42.4 Å². The van der Waals surface area contributed by atoms with E-state index in [0.717, 1.165) is 33.7 Å². The first-order valence-corrected chi connectivity index (χ1v) is 11.0. The quantitative estimate of drug-likeness (QED) is 0.571. The number of nitrogens with zero attached hydrogens (tertiary/aromatic N) is 4. The van der Waals surface area contributed by atoms with E-state index in [2.05, 4.69) is 51.8 Å². The summed E-state index contributed by atoms with van der Waals surface area (Å²) in [6.07, 6.45) is 5.07. The Bertz CT molecular complexity index is 1020. The number of pyridine rings is 1. The van der Waals surface area contributed by atoms with Crippen LogP contribution < -0.4 is 0 Å². The van der Waals surface area contributed by atoms with Crippen molar-refractivity contribution in [3.8, 4) is 5.69 Å². The highest BCUT2D eigenvalue weighted by atomic mass is 35.5. The van der Waals surface area contributed by atoms with Crippen LogP contribution in [0.5, 0.6) is 0 Å². The van der Waals surface area contributed by atoms with E-state index in [1.54, 1.807) is 0 Å². The Kier molecular flexibility index (Phi) is 4.65. The van der Waals surface area contributed by atoms with Crippen LogP contribution in [0.2, 0.25) is 5.02 Å². The van der Waals surface area contributed by atoms with Crippen molar-refractivity contribution in [1.29, 1.82) is 0 Å². The van der Waals surface area contributed by atoms with Crippen molar-refractivity contribution in [3.05, 3.63) is 83.4 Å². The molecule has 142 valence electrons. The van der Waals surface area contributed by atoms with Gasteiger partial charge in [-0.3, -0.25) is 9.98 Å². The molecule has 0 saturated carbocycles. The van der Waals surface area contributed by atoms with Gasteiger partial charge in [0.15, 0.2) is 5.17 Å². The van der Waals surface area contributed by atoms with Crippen LogP contribution in [-0.2, 0) is 0 Å². The smallest absolute Gasteiger partial charge is 0.160 e. The fourth-order valence-corrected chi connectivity index (χ4v) is 5.69. The fourth-order valence-electron chi connectivity index (χ4n) is 4.17. The normalized spacial score (nSPS) is 23.7. The molecule has 2 aromatic heterocycles. The van der Waals surface area contributed by atoms with Gasteiger partial charge in [-0.15, -0.1) is 0 Å². The summed E-state index contributed by atoms with van der Waals surface area (Å²) in [5, 5.41) is 1.89. The number of fused-ring (bicyclic) bond motifs is 1. The topological polar surface area (TPSA) is 33.4 Å². The summed E-state index contributed by atoms with van der Waals surface area (Å²) in [5.74, 6) is 1.10. The third-order valence-electron chi connectivity index (χ3n) is 5.50. The number of thioether (sulfide) groups is 1. The molecule has 2 aliphatic heterocycles. The minimum atomic E-state index is -0.00844. The average molecular weight is 409 g/mol. The Morgan fingerprint density at radius 3 is 2.86 bits per heavy atom. The minimum Gasteiger partial charge on any atom is -0.337 e. The Morgan fingerprint density at radius 1 is 1.14 bits per heavy atom. The van der Waals surface area contributed by atoms with Gasteiger partial charge in [-0.05, 0) is 48.9 Å². The highest BCUT2D eigenvalue weighted by Gasteiger charge is 2.46. The third-order valence-corrected chi connectivity index (χ3v) is 6.86. The second-order valence-electron chi connectivity index (χ2n) is 7.12. The molecule has 3 aromatic rings. The number of hydrogen-bond donors (Lipinski definition) is 0. The van der Waals surface area contributed by atoms with Crippen molar-refractivity contribution in [1.82, 2.24) is 14.5 Å². The Morgan fingerprint density at radius 2 is 2.07 bits per heavy atom. The molecule has 1 fully saturated rings. The standard InChI is InChI=1S/C22H21ClN4S/c1-2-16-14-28-22-25-20(18-9-3-4-11-24-18)21(27(16)22)19-10-6-12-26(19)17-8-5-7-15(23)13-17/h3-13,16,20-21H,2,14H2,1H3/t16-,20-,21+/m1/s1. The van der Waals surface area contributed by atoms with Gasteiger partial charge in [0.2, 0.25) is 0 Å². The predicted molar refractivity (Wildman–Crippen MR) is 116 cm³/mol. The lowest BCUT2D eigenvalue weighted by Gasteiger charge is -2.32. The maximum absolute atomic E-state index is 6.27. The van der Waals surface area contributed by atoms with Gasteiger partial charge < -0.3 is 9.47 Å². The summed E-state index contributed by atoms with van der Waals surface area (Å²) in [4.78, 5) is 12.3. The molecule has 5 rings (SSSR count). The molecule has 0 amide bonds. The molecule has 3 atom stereocenters.